The molecule has 1 amide bonds. The fourth-order valence-electron chi connectivity index (χ4n) is 2.51. The van der Waals surface area contributed by atoms with Crippen molar-refractivity contribution in [2.75, 3.05) is 13.2 Å². The first-order valence-corrected chi connectivity index (χ1v) is 8.07. The lowest BCUT2D eigenvalue weighted by molar-refractivity contribution is 0.0952. The minimum Gasteiger partial charge on any atom is -0.494 e. The Labute approximate surface area is 140 Å². The molecule has 0 bridgehead atoms. The quantitative estimate of drug-likeness (QED) is 0.678. The minimum absolute atomic E-state index is 0.0948. The molecule has 0 fully saturated rings. The van der Waals surface area contributed by atoms with Crippen molar-refractivity contribution < 1.29 is 9.53 Å². The average Bonchev–Trinajstić information content (AvgIpc) is 3.02. The summed E-state index contributed by atoms with van der Waals surface area (Å²) in [5, 5.41) is 11.2. The van der Waals surface area contributed by atoms with Crippen molar-refractivity contribution in [1.29, 1.82) is 0 Å². The molecule has 1 aromatic carbocycles. The number of pyridine rings is 1. The number of fused-ring (bicyclic) bond motifs is 1. The molecular weight excluding hydrogens is 304 g/mol. The molecule has 0 unspecified atom stereocenters. The maximum absolute atomic E-state index is 12.2. The third-order valence-corrected chi connectivity index (χ3v) is 3.65. The maximum atomic E-state index is 12.2. The molecule has 0 atom stereocenters. The number of carbonyl (C=O) groups excluding carboxylic acids is 1. The van der Waals surface area contributed by atoms with Gasteiger partial charge in [-0.1, -0.05) is 12.1 Å². The van der Waals surface area contributed by atoms with Gasteiger partial charge in [-0.15, -0.1) is 10.2 Å². The molecule has 3 rings (SSSR count). The van der Waals surface area contributed by atoms with E-state index >= 15 is 0 Å². The van der Waals surface area contributed by atoms with Gasteiger partial charge >= 0.3 is 0 Å². The smallest absolute Gasteiger partial charge is 0.251 e. The van der Waals surface area contributed by atoms with Gasteiger partial charge in [-0.05, 0) is 43.7 Å². The van der Waals surface area contributed by atoms with E-state index < -0.39 is 0 Å². The van der Waals surface area contributed by atoms with Crippen LogP contribution in [0.25, 0.3) is 5.65 Å². The number of nitrogens with one attached hydrogen (secondary N) is 1. The van der Waals surface area contributed by atoms with E-state index in [0.29, 0.717) is 24.5 Å². The van der Waals surface area contributed by atoms with Crippen molar-refractivity contribution >= 4 is 11.6 Å². The summed E-state index contributed by atoms with van der Waals surface area (Å²) in [5.74, 6) is 1.51. The Hall–Kier alpha value is -2.89. The second kappa shape index (κ2) is 7.59. The number of ether oxygens (including phenoxy) is 1. The van der Waals surface area contributed by atoms with Crippen LogP contribution >= 0.6 is 0 Å². The molecular formula is C18H20N4O2. The van der Waals surface area contributed by atoms with Gasteiger partial charge in [0, 0.05) is 24.7 Å². The predicted molar refractivity (Wildman–Crippen MR) is 91.3 cm³/mol. The number of hydrogen-bond donors (Lipinski definition) is 1. The SMILES string of the molecule is CCOc1cccc(C(=O)NCCCc2nnc3ccccn23)c1. The summed E-state index contributed by atoms with van der Waals surface area (Å²) in [7, 11) is 0. The number of carbonyl (C=O) groups is 1. The van der Waals surface area contributed by atoms with Crippen LogP contribution in [0.3, 0.4) is 0 Å². The Bertz CT molecular complexity index is 829. The molecule has 0 aliphatic rings. The molecule has 3 aromatic rings. The lowest BCUT2D eigenvalue weighted by atomic mass is 10.2. The molecule has 0 saturated heterocycles. The highest BCUT2D eigenvalue weighted by Crippen LogP contribution is 2.13. The van der Waals surface area contributed by atoms with Gasteiger partial charge in [0.1, 0.15) is 11.6 Å². The van der Waals surface area contributed by atoms with E-state index in [1.54, 1.807) is 12.1 Å². The molecule has 6 heteroatoms. The number of hydrogen-bond acceptors (Lipinski definition) is 4. The van der Waals surface area contributed by atoms with Gasteiger partial charge in [0.15, 0.2) is 5.65 Å². The van der Waals surface area contributed by atoms with Crippen LogP contribution < -0.4 is 10.1 Å². The number of rotatable bonds is 7. The first-order chi connectivity index (χ1) is 11.8. The van der Waals surface area contributed by atoms with Gasteiger partial charge in [-0.25, -0.2) is 0 Å². The standard InChI is InChI=1S/C18H20N4O2/c1-2-24-15-8-5-7-14(13-15)18(23)19-11-6-10-17-21-20-16-9-3-4-12-22(16)17/h3-5,7-9,12-13H,2,6,10-11H2,1H3,(H,19,23). The fraction of sp³-hybridized carbons (Fsp3) is 0.278. The molecule has 0 aliphatic heterocycles. The first kappa shape index (κ1) is 16.0. The van der Waals surface area contributed by atoms with E-state index in [4.69, 9.17) is 4.74 Å². The maximum Gasteiger partial charge on any atom is 0.251 e. The van der Waals surface area contributed by atoms with Crippen molar-refractivity contribution in [3.63, 3.8) is 0 Å². The summed E-state index contributed by atoms with van der Waals surface area (Å²) in [6.07, 6.45) is 3.50. The van der Waals surface area contributed by atoms with Gasteiger partial charge in [0.25, 0.3) is 5.91 Å². The van der Waals surface area contributed by atoms with Crippen molar-refractivity contribution in [2.45, 2.75) is 19.8 Å². The van der Waals surface area contributed by atoms with Crippen LogP contribution in [0.1, 0.15) is 29.5 Å². The van der Waals surface area contributed by atoms with E-state index in [2.05, 4.69) is 15.5 Å². The molecule has 1 N–H and O–H groups in total. The van der Waals surface area contributed by atoms with Crippen molar-refractivity contribution in [3.05, 3.63) is 60.0 Å². The van der Waals surface area contributed by atoms with Crippen molar-refractivity contribution in [2.24, 2.45) is 0 Å². The number of benzene rings is 1. The van der Waals surface area contributed by atoms with Crippen molar-refractivity contribution in [3.8, 4) is 5.75 Å². The van der Waals surface area contributed by atoms with Gasteiger partial charge in [-0.3, -0.25) is 9.20 Å². The third kappa shape index (κ3) is 3.71. The van der Waals surface area contributed by atoms with E-state index in [0.717, 1.165) is 24.3 Å². The first-order valence-electron chi connectivity index (χ1n) is 8.07. The molecule has 6 nitrogen and oxygen atoms in total. The van der Waals surface area contributed by atoms with Crippen LogP contribution in [0.2, 0.25) is 0 Å². The molecule has 0 spiro atoms. The average molecular weight is 324 g/mol. The van der Waals surface area contributed by atoms with E-state index in [1.807, 2.05) is 47.9 Å². The predicted octanol–water partition coefficient (Wildman–Crippen LogP) is 2.49. The second-order valence-electron chi connectivity index (χ2n) is 5.37. The largest absolute Gasteiger partial charge is 0.494 e. The highest BCUT2D eigenvalue weighted by Gasteiger charge is 2.07. The van der Waals surface area contributed by atoms with Crippen LogP contribution in [-0.2, 0) is 6.42 Å². The monoisotopic (exact) mass is 324 g/mol. The molecule has 24 heavy (non-hydrogen) atoms. The molecule has 2 heterocycles. The lowest BCUT2D eigenvalue weighted by Crippen LogP contribution is -2.24. The minimum atomic E-state index is -0.0948. The Morgan fingerprint density at radius 2 is 2.12 bits per heavy atom. The van der Waals surface area contributed by atoms with Crippen LogP contribution in [0.15, 0.2) is 48.7 Å². The molecule has 0 aliphatic carbocycles. The summed E-state index contributed by atoms with van der Waals surface area (Å²) < 4.78 is 7.38. The van der Waals surface area contributed by atoms with Gasteiger partial charge < -0.3 is 10.1 Å². The molecule has 2 aromatic heterocycles. The Morgan fingerprint density at radius 1 is 1.21 bits per heavy atom. The molecule has 124 valence electrons. The van der Waals surface area contributed by atoms with Gasteiger partial charge in [0.2, 0.25) is 0 Å². The molecule has 0 radical (unpaired) electrons. The summed E-state index contributed by atoms with van der Waals surface area (Å²) in [4.78, 5) is 12.2. The van der Waals surface area contributed by atoms with Crippen LogP contribution in [0, 0.1) is 0 Å². The third-order valence-electron chi connectivity index (χ3n) is 3.65. The van der Waals surface area contributed by atoms with Crippen LogP contribution in [0.4, 0.5) is 0 Å². The van der Waals surface area contributed by atoms with Crippen LogP contribution in [0.5, 0.6) is 5.75 Å². The fourth-order valence-corrected chi connectivity index (χ4v) is 2.51. The van der Waals surface area contributed by atoms with E-state index in [9.17, 15) is 4.79 Å². The summed E-state index contributed by atoms with van der Waals surface area (Å²) in [6, 6.07) is 13.0. The summed E-state index contributed by atoms with van der Waals surface area (Å²) >= 11 is 0. The van der Waals surface area contributed by atoms with Gasteiger partial charge in [0.05, 0.1) is 6.61 Å². The molecule has 0 saturated carbocycles. The summed E-state index contributed by atoms with van der Waals surface area (Å²) in [6.45, 7) is 3.08. The van der Waals surface area contributed by atoms with Gasteiger partial charge in [-0.2, -0.15) is 0 Å². The number of amides is 1. The van der Waals surface area contributed by atoms with E-state index in [-0.39, 0.29) is 5.91 Å². The summed E-state index contributed by atoms with van der Waals surface area (Å²) in [5.41, 5.74) is 1.44. The zero-order chi connectivity index (χ0) is 16.8. The van der Waals surface area contributed by atoms with Crippen molar-refractivity contribution in [1.82, 2.24) is 19.9 Å². The zero-order valence-electron chi connectivity index (χ0n) is 13.6. The Morgan fingerprint density at radius 3 is 3.00 bits per heavy atom. The van der Waals surface area contributed by atoms with Crippen LogP contribution in [-0.4, -0.2) is 33.7 Å². The Kier molecular flexibility index (Phi) is 5.05. The number of aromatic nitrogens is 3. The topological polar surface area (TPSA) is 68.5 Å². The zero-order valence-corrected chi connectivity index (χ0v) is 13.6. The van der Waals surface area contributed by atoms with E-state index in [1.165, 1.54) is 0 Å². The number of aryl methyl sites for hydroxylation is 1. The highest BCUT2D eigenvalue weighted by molar-refractivity contribution is 5.94. The second-order valence-corrected chi connectivity index (χ2v) is 5.37. The number of nitrogens with zero attached hydrogens (tertiary/aromatic N) is 3. The highest BCUT2D eigenvalue weighted by atomic mass is 16.5. The Balaban J connectivity index is 1.51. The normalized spacial score (nSPS) is 10.7. The lowest BCUT2D eigenvalue weighted by Gasteiger charge is -2.07.